The van der Waals surface area contributed by atoms with Gasteiger partial charge in [-0.2, -0.15) is 0 Å². The molecule has 35 heavy (non-hydrogen) atoms. The van der Waals surface area contributed by atoms with Gasteiger partial charge in [-0.3, -0.25) is 14.5 Å². The number of fused-ring (bicyclic) bond motifs is 1. The van der Waals surface area contributed by atoms with Gasteiger partial charge >= 0.3 is 0 Å². The molecule has 0 radical (unpaired) electrons. The maximum Gasteiger partial charge on any atom is 0.249 e. The van der Waals surface area contributed by atoms with Crippen LogP contribution < -0.4 is 10.6 Å². The van der Waals surface area contributed by atoms with Crippen LogP contribution >= 0.6 is 23.2 Å². The monoisotopic (exact) mass is 514 g/mol. The molecule has 2 aromatic carbocycles. The van der Waals surface area contributed by atoms with Gasteiger partial charge in [0.25, 0.3) is 0 Å². The number of nitrogens with zero attached hydrogens (tertiary/aromatic N) is 2. The maximum absolute atomic E-state index is 14.0. The number of anilines is 1. The van der Waals surface area contributed by atoms with Crippen LogP contribution in [0.15, 0.2) is 42.5 Å². The molecule has 6 nitrogen and oxygen atoms in total. The van der Waals surface area contributed by atoms with Crippen molar-refractivity contribution in [2.75, 3.05) is 38.0 Å². The number of benzene rings is 2. The fourth-order valence-electron chi connectivity index (χ4n) is 5.96. The van der Waals surface area contributed by atoms with Crippen LogP contribution in [0.5, 0.6) is 0 Å². The average Bonchev–Trinajstić information content (AvgIpc) is 3.14. The summed E-state index contributed by atoms with van der Waals surface area (Å²) in [4.78, 5) is 31.8. The van der Waals surface area contributed by atoms with E-state index in [9.17, 15) is 9.59 Å². The standard InChI is InChI=1S/C27H32Cl2N4O2/c28-20-6-4-5-19(15-20)17-27(23-10-9-21(29)16-24(23)31-26(27)35)33(22-7-2-1-3-8-22)18-25(34)32-13-11-30-12-14-32/h4-6,9-10,15-16,22,30H,1-3,7-8,11-14,17-18H2,(H,31,35). The fraction of sp³-hybridized carbons (Fsp3) is 0.481. The van der Waals surface area contributed by atoms with Crippen LogP contribution in [0.25, 0.3) is 0 Å². The van der Waals surface area contributed by atoms with Crippen molar-refractivity contribution in [1.29, 1.82) is 0 Å². The predicted molar refractivity (Wildman–Crippen MR) is 140 cm³/mol. The quantitative estimate of drug-likeness (QED) is 0.597. The Labute approximate surface area is 216 Å². The van der Waals surface area contributed by atoms with Gasteiger partial charge < -0.3 is 15.5 Å². The van der Waals surface area contributed by atoms with Crippen LogP contribution in [0.4, 0.5) is 5.69 Å². The van der Waals surface area contributed by atoms with Crippen molar-refractivity contribution in [2.24, 2.45) is 0 Å². The molecule has 5 rings (SSSR count). The summed E-state index contributed by atoms with van der Waals surface area (Å²) >= 11 is 12.7. The Morgan fingerprint density at radius 3 is 2.51 bits per heavy atom. The Balaban J connectivity index is 1.61. The van der Waals surface area contributed by atoms with E-state index in [0.717, 1.165) is 55.6 Å². The Kier molecular flexibility index (Phi) is 7.35. The Morgan fingerprint density at radius 2 is 1.77 bits per heavy atom. The highest BCUT2D eigenvalue weighted by molar-refractivity contribution is 6.31. The maximum atomic E-state index is 14.0. The van der Waals surface area contributed by atoms with E-state index < -0.39 is 5.54 Å². The molecule has 0 aromatic heterocycles. The lowest BCUT2D eigenvalue weighted by atomic mass is 9.80. The first-order chi connectivity index (χ1) is 17.0. The summed E-state index contributed by atoms with van der Waals surface area (Å²) < 4.78 is 0. The number of hydrogen-bond acceptors (Lipinski definition) is 4. The van der Waals surface area contributed by atoms with Crippen molar-refractivity contribution in [2.45, 2.75) is 50.1 Å². The molecular weight excluding hydrogens is 483 g/mol. The molecule has 2 aromatic rings. The smallest absolute Gasteiger partial charge is 0.249 e. The van der Waals surface area contributed by atoms with E-state index in [0.29, 0.717) is 29.6 Å². The van der Waals surface area contributed by atoms with Gasteiger partial charge in [-0.1, -0.05) is 60.7 Å². The van der Waals surface area contributed by atoms with E-state index in [1.807, 2.05) is 47.4 Å². The number of carbonyl (C=O) groups excluding carboxylic acids is 2. The van der Waals surface area contributed by atoms with Crippen LogP contribution in [0.3, 0.4) is 0 Å². The lowest BCUT2D eigenvalue weighted by Crippen LogP contribution is -2.60. The highest BCUT2D eigenvalue weighted by atomic mass is 35.5. The number of hydrogen-bond donors (Lipinski definition) is 2. The van der Waals surface area contributed by atoms with E-state index >= 15 is 0 Å². The van der Waals surface area contributed by atoms with Gasteiger partial charge in [0.15, 0.2) is 0 Å². The predicted octanol–water partition coefficient (Wildman–Crippen LogP) is 4.45. The third-order valence-electron chi connectivity index (χ3n) is 7.68. The van der Waals surface area contributed by atoms with Crippen molar-refractivity contribution in [1.82, 2.24) is 15.1 Å². The highest BCUT2D eigenvalue weighted by Crippen LogP contribution is 2.46. The summed E-state index contributed by atoms with van der Waals surface area (Å²) in [7, 11) is 0. The molecule has 1 unspecified atom stereocenters. The first-order valence-electron chi connectivity index (χ1n) is 12.6. The van der Waals surface area contributed by atoms with Gasteiger partial charge in [-0.05, 0) is 42.7 Å². The van der Waals surface area contributed by atoms with Crippen LogP contribution in [0.1, 0.15) is 43.2 Å². The topological polar surface area (TPSA) is 64.7 Å². The Morgan fingerprint density at radius 1 is 1.03 bits per heavy atom. The van der Waals surface area contributed by atoms with Gasteiger partial charge in [-0.15, -0.1) is 0 Å². The molecule has 0 spiro atoms. The number of amides is 2. The van der Waals surface area contributed by atoms with Crippen molar-refractivity contribution in [3.63, 3.8) is 0 Å². The lowest BCUT2D eigenvalue weighted by molar-refractivity contribution is -0.141. The average molecular weight is 515 g/mol. The third kappa shape index (κ3) is 4.94. The summed E-state index contributed by atoms with van der Waals surface area (Å²) in [6.07, 6.45) is 5.77. The van der Waals surface area contributed by atoms with Crippen LogP contribution in [-0.2, 0) is 21.5 Å². The second kappa shape index (κ2) is 10.5. The summed E-state index contributed by atoms with van der Waals surface area (Å²) in [5.41, 5.74) is 1.55. The Bertz CT molecular complexity index is 1100. The van der Waals surface area contributed by atoms with E-state index in [-0.39, 0.29) is 24.4 Å². The van der Waals surface area contributed by atoms with Gasteiger partial charge in [0, 0.05) is 59.9 Å². The zero-order chi connectivity index (χ0) is 24.4. The molecule has 2 aliphatic heterocycles. The minimum Gasteiger partial charge on any atom is -0.339 e. The van der Waals surface area contributed by atoms with E-state index in [1.54, 1.807) is 0 Å². The van der Waals surface area contributed by atoms with Crippen LogP contribution in [0.2, 0.25) is 10.0 Å². The molecule has 1 saturated carbocycles. The first kappa shape index (κ1) is 24.6. The minimum absolute atomic E-state index is 0.0813. The molecular formula is C27H32Cl2N4O2. The summed E-state index contributed by atoms with van der Waals surface area (Å²) in [6, 6.07) is 13.4. The molecule has 3 aliphatic rings. The number of rotatable bonds is 6. The highest BCUT2D eigenvalue weighted by Gasteiger charge is 2.54. The fourth-order valence-corrected chi connectivity index (χ4v) is 6.35. The first-order valence-corrected chi connectivity index (χ1v) is 13.3. The third-order valence-corrected chi connectivity index (χ3v) is 8.15. The van der Waals surface area contributed by atoms with E-state index in [1.165, 1.54) is 6.42 Å². The molecule has 2 N–H and O–H groups in total. The molecule has 8 heteroatoms. The van der Waals surface area contributed by atoms with Crippen molar-refractivity contribution < 1.29 is 9.59 Å². The second-order valence-corrected chi connectivity index (χ2v) is 10.7. The molecule has 1 atom stereocenters. The summed E-state index contributed by atoms with van der Waals surface area (Å²) in [6.45, 7) is 3.18. The van der Waals surface area contributed by atoms with Crippen LogP contribution in [0, 0.1) is 0 Å². The molecule has 2 amide bonds. The van der Waals surface area contributed by atoms with Crippen molar-refractivity contribution in [3.05, 3.63) is 63.6 Å². The number of piperazine rings is 1. The lowest BCUT2D eigenvalue weighted by Gasteiger charge is -2.46. The number of halogens is 2. The Hall–Kier alpha value is -2.12. The molecule has 0 bridgehead atoms. The number of nitrogens with one attached hydrogen (secondary N) is 2. The van der Waals surface area contributed by atoms with Gasteiger partial charge in [0.05, 0.1) is 6.54 Å². The largest absolute Gasteiger partial charge is 0.339 e. The number of carbonyl (C=O) groups is 2. The van der Waals surface area contributed by atoms with Crippen molar-refractivity contribution in [3.8, 4) is 0 Å². The van der Waals surface area contributed by atoms with Gasteiger partial charge in [0.1, 0.15) is 5.54 Å². The second-order valence-electron chi connectivity index (χ2n) is 9.86. The minimum atomic E-state index is -1.02. The van der Waals surface area contributed by atoms with Crippen LogP contribution in [-0.4, -0.2) is 60.4 Å². The summed E-state index contributed by atoms with van der Waals surface area (Å²) in [5.74, 6) is -0.0221. The SMILES string of the molecule is O=C(CN(C1CCCCC1)C1(Cc2cccc(Cl)c2)C(=O)Nc2cc(Cl)ccc21)N1CCNCC1. The normalized spacial score (nSPS) is 22.8. The molecule has 1 saturated heterocycles. The molecule has 1 aliphatic carbocycles. The summed E-state index contributed by atoms with van der Waals surface area (Å²) in [5, 5.41) is 7.62. The zero-order valence-corrected chi connectivity index (χ0v) is 21.4. The van der Waals surface area contributed by atoms with Gasteiger partial charge in [-0.25, -0.2) is 0 Å². The molecule has 2 heterocycles. The van der Waals surface area contributed by atoms with E-state index in [2.05, 4.69) is 15.5 Å². The zero-order valence-electron chi connectivity index (χ0n) is 19.9. The van der Waals surface area contributed by atoms with Crippen molar-refractivity contribution >= 4 is 40.7 Å². The van der Waals surface area contributed by atoms with Gasteiger partial charge in [0.2, 0.25) is 11.8 Å². The molecule has 186 valence electrons. The van der Waals surface area contributed by atoms with E-state index in [4.69, 9.17) is 23.2 Å². The molecule has 2 fully saturated rings.